The number of fused-ring (bicyclic) bond motifs is 3. The molecule has 2 aliphatic rings. The van der Waals surface area contributed by atoms with Crippen molar-refractivity contribution in [2.45, 2.75) is 26.2 Å². The topological polar surface area (TPSA) is 0 Å². The Morgan fingerprint density at radius 2 is 1.71 bits per heavy atom. The van der Waals surface area contributed by atoms with Crippen LogP contribution in [0.1, 0.15) is 37.3 Å². The molecule has 121 valence electrons. The van der Waals surface area contributed by atoms with Gasteiger partial charge in [0.05, 0.1) is 0 Å². The first-order valence-electron chi connectivity index (χ1n) is 7.90. The second-order valence-electron chi connectivity index (χ2n) is 6.29. The Hall–Kier alpha value is -0.916. The van der Waals surface area contributed by atoms with Gasteiger partial charge in [-0.1, -0.05) is 0 Å². The van der Waals surface area contributed by atoms with Gasteiger partial charge in [-0.25, -0.2) is 0 Å². The zero-order chi connectivity index (χ0) is 15.1. The van der Waals surface area contributed by atoms with Crippen molar-refractivity contribution < 1.29 is 43.5 Å². The largest absolute Gasteiger partial charge is 1.00 e. The summed E-state index contributed by atoms with van der Waals surface area (Å²) in [5.41, 5.74) is 7.56. The standard InChI is InChI=1S/C18H13.C3H6.2ClH.Ti/c1-2-8-13(7-1)18-16-11-5-3-9-14(16)15-10-4-6-12-17(15)18;1-3-2;;;/h1-7,9-11,18H,8H2;1-2H3;2*1H;/q;;;;+2/p-2. The van der Waals surface area contributed by atoms with Crippen LogP contribution in [0.25, 0.3) is 11.1 Å². The van der Waals surface area contributed by atoms with E-state index >= 15 is 0 Å². The third-order valence-corrected chi connectivity index (χ3v) is 6.39. The normalized spacial score (nSPS) is 16.2. The predicted molar refractivity (Wildman–Crippen MR) is 91.6 cm³/mol. The Labute approximate surface area is 165 Å². The minimum atomic E-state index is -0.165. The molecular formula is C21H19Cl2Ti. The van der Waals surface area contributed by atoms with Crippen molar-refractivity contribution in [3.8, 4) is 11.1 Å². The fourth-order valence-electron chi connectivity index (χ4n) is 3.70. The van der Waals surface area contributed by atoms with Gasteiger partial charge in [-0.05, 0) is 0 Å². The molecule has 0 amide bonds. The zero-order valence-electron chi connectivity index (χ0n) is 13.8. The van der Waals surface area contributed by atoms with Crippen LogP contribution in [0.3, 0.4) is 0 Å². The molecule has 0 aromatic heterocycles. The second kappa shape index (κ2) is 7.98. The third-order valence-electron chi connectivity index (χ3n) is 4.51. The Morgan fingerprint density at radius 1 is 0.958 bits per heavy atom. The van der Waals surface area contributed by atoms with Crippen LogP contribution in [-0.2, 0) is 18.7 Å². The smallest absolute Gasteiger partial charge is 1.00 e. The van der Waals surface area contributed by atoms with Crippen molar-refractivity contribution in [3.63, 3.8) is 0 Å². The molecule has 0 heterocycles. The van der Waals surface area contributed by atoms with Crippen LogP contribution in [-0.4, -0.2) is 3.81 Å². The minimum absolute atomic E-state index is 0. The molecule has 0 radical (unpaired) electrons. The molecular weight excluding hydrogens is 371 g/mol. The maximum atomic E-state index is 2.37. The van der Waals surface area contributed by atoms with Gasteiger partial charge in [0.25, 0.3) is 0 Å². The van der Waals surface area contributed by atoms with E-state index in [1.54, 1.807) is 18.8 Å². The predicted octanol–water partition coefficient (Wildman–Crippen LogP) is -1.39. The molecule has 1 unspecified atom stereocenters. The second-order valence-corrected chi connectivity index (χ2v) is 9.08. The summed E-state index contributed by atoms with van der Waals surface area (Å²) in [6.07, 6.45) is 7.93. The van der Waals surface area contributed by atoms with Crippen molar-refractivity contribution >= 4 is 7.68 Å². The van der Waals surface area contributed by atoms with Gasteiger partial charge in [0.15, 0.2) is 0 Å². The summed E-state index contributed by atoms with van der Waals surface area (Å²) in [6, 6.07) is 15.9. The third kappa shape index (κ3) is 3.26. The molecule has 0 aliphatic heterocycles. The molecule has 2 aromatic carbocycles. The molecule has 2 aliphatic carbocycles. The summed E-state index contributed by atoms with van der Waals surface area (Å²) in [6.45, 7) is 4.57. The van der Waals surface area contributed by atoms with Gasteiger partial charge in [0, 0.05) is 0 Å². The van der Waals surface area contributed by atoms with Crippen LogP contribution < -0.4 is 28.7 Å². The molecule has 0 spiro atoms. The van der Waals surface area contributed by atoms with Gasteiger partial charge in [0.1, 0.15) is 0 Å². The van der Waals surface area contributed by atoms with Crippen LogP contribution in [0.5, 0.6) is 0 Å². The van der Waals surface area contributed by atoms with Crippen molar-refractivity contribution in [2.75, 3.05) is 0 Å². The van der Waals surface area contributed by atoms with E-state index in [4.69, 9.17) is 0 Å². The summed E-state index contributed by atoms with van der Waals surface area (Å²) in [5.74, 6) is 0.473. The molecule has 0 fully saturated rings. The number of rotatable bonds is 2. The molecule has 4 rings (SSSR count). The van der Waals surface area contributed by atoms with Gasteiger partial charge in [0.2, 0.25) is 0 Å². The molecule has 0 saturated heterocycles. The number of benzene rings is 2. The summed E-state index contributed by atoms with van der Waals surface area (Å²) in [5, 5.41) is 0. The summed E-state index contributed by atoms with van der Waals surface area (Å²) in [7, 11) is 0. The first-order chi connectivity index (χ1) is 10.8. The minimum Gasteiger partial charge on any atom is -1.00 e. The Balaban J connectivity index is 0.00000104. The molecule has 0 saturated carbocycles. The molecule has 0 bridgehead atoms. The van der Waals surface area contributed by atoms with E-state index in [9.17, 15) is 0 Å². The molecule has 0 N–H and O–H groups in total. The quantitative estimate of drug-likeness (QED) is 0.555. The summed E-state index contributed by atoms with van der Waals surface area (Å²) < 4.78 is 3.22. The molecule has 0 nitrogen and oxygen atoms in total. The molecule has 3 heteroatoms. The van der Waals surface area contributed by atoms with E-state index < -0.39 is 0 Å². The van der Waals surface area contributed by atoms with Gasteiger partial charge >= 0.3 is 141 Å². The molecule has 1 atom stereocenters. The number of halogens is 2. The first kappa shape index (κ1) is 19.4. The van der Waals surface area contributed by atoms with Crippen molar-refractivity contribution in [2.24, 2.45) is 0 Å². The average Bonchev–Trinajstić information content (AvgIpc) is 3.12. The maximum absolute atomic E-state index is 2.37. The number of hydrogen-bond acceptors (Lipinski definition) is 0. The van der Waals surface area contributed by atoms with Crippen molar-refractivity contribution in [3.05, 3.63) is 77.4 Å². The Kier molecular flexibility index (Phi) is 6.45. The van der Waals surface area contributed by atoms with Gasteiger partial charge in [-0.3, -0.25) is 0 Å². The van der Waals surface area contributed by atoms with E-state index in [2.05, 4.69) is 74.5 Å². The van der Waals surface area contributed by atoms with Crippen LogP contribution in [0.2, 0.25) is 0 Å². The van der Waals surface area contributed by atoms with E-state index in [-0.39, 0.29) is 43.5 Å². The van der Waals surface area contributed by atoms with Gasteiger partial charge < -0.3 is 24.8 Å². The zero-order valence-corrected chi connectivity index (χ0v) is 16.9. The Morgan fingerprint density at radius 3 is 2.42 bits per heavy atom. The van der Waals surface area contributed by atoms with E-state index in [0.717, 1.165) is 6.42 Å². The van der Waals surface area contributed by atoms with Crippen LogP contribution in [0.15, 0.2) is 66.3 Å². The van der Waals surface area contributed by atoms with E-state index in [1.165, 1.54) is 16.7 Å². The SMILES string of the molecule is C[C](C)=[Ti+2][c]1cccc2c1C(C1=CC=CC1)c1ccccc1-2.[Cl-].[Cl-]. The number of hydrogen-bond donors (Lipinski definition) is 0. The summed E-state index contributed by atoms with van der Waals surface area (Å²) in [4.78, 5) is 0. The summed E-state index contributed by atoms with van der Waals surface area (Å²) >= 11 is -0.165. The first-order valence-corrected chi connectivity index (χ1v) is 9.47. The molecule has 24 heavy (non-hydrogen) atoms. The average molecular weight is 390 g/mol. The van der Waals surface area contributed by atoms with E-state index in [1.807, 2.05) is 0 Å². The monoisotopic (exact) mass is 389 g/mol. The van der Waals surface area contributed by atoms with Crippen molar-refractivity contribution in [1.29, 1.82) is 0 Å². The van der Waals surface area contributed by atoms with Gasteiger partial charge in [-0.15, -0.1) is 0 Å². The number of allylic oxidation sites excluding steroid dienone is 4. The van der Waals surface area contributed by atoms with Crippen molar-refractivity contribution in [1.82, 2.24) is 0 Å². The van der Waals surface area contributed by atoms with Crippen LogP contribution in [0.4, 0.5) is 0 Å². The molecule has 2 aromatic rings. The fourth-order valence-corrected chi connectivity index (χ4v) is 5.47. The van der Waals surface area contributed by atoms with Gasteiger partial charge in [-0.2, -0.15) is 0 Å². The Bertz CT molecular complexity index is 843. The fraction of sp³-hybridized carbons (Fsp3) is 0.190. The van der Waals surface area contributed by atoms with Crippen LogP contribution >= 0.6 is 0 Å². The van der Waals surface area contributed by atoms with Crippen LogP contribution in [0, 0.1) is 0 Å². The maximum Gasteiger partial charge on any atom is -1.00 e. The van der Waals surface area contributed by atoms with E-state index in [0.29, 0.717) is 5.92 Å².